The van der Waals surface area contributed by atoms with Crippen molar-refractivity contribution in [2.24, 2.45) is 0 Å². The van der Waals surface area contributed by atoms with Crippen molar-refractivity contribution in [1.29, 1.82) is 0 Å². The number of nitrogens with one attached hydrogen (secondary N) is 2. The van der Waals surface area contributed by atoms with Crippen molar-refractivity contribution in [2.45, 2.75) is 51.2 Å². The van der Waals surface area contributed by atoms with Crippen molar-refractivity contribution in [3.8, 4) is 0 Å². The van der Waals surface area contributed by atoms with Gasteiger partial charge in [0.25, 0.3) is 0 Å². The molecule has 0 spiro atoms. The van der Waals surface area contributed by atoms with Gasteiger partial charge in [-0.25, -0.2) is 22.2 Å². The summed E-state index contributed by atoms with van der Waals surface area (Å²) in [6, 6.07) is 4.34. The van der Waals surface area contributed by atoms with Gasteiger partial charge in [-0.2, -0.15) is 13.2 Å². The summed E-state index contributed by atoms with van der Waals surface area (Å²) in [5.74, 6) is -2.79. The van der Waals surface area contributed by atoms with Crippen LogP contribution in [0.4, 0.5) is 27.6 Å². The molecular weight excluding hydrogens is 531 g/mol. The van der Waals surface area contributed by atoms with Gasteiger partial charge in [-0.1, -0.05) is 19.4 Å². The van der Waals surface area contributed by atoms with Crippen LogP contribution in [0.1, 0.15) is 54.6 Å². The molecule has 0 radical (unpaired) electrons. The maximum absolute atomic E-state index is 14.1. The van der Waals surface area contributed by atoms with Gasteiger partial charge in [0.15, 0.2) is 11.6 Å². The van der Waals surface area contributed by atoms with Gasteiger partial charge in [0.1, 0.15) is 11.4 Å². The number of nitrogens with zero attached hydrogens (tertiary/aromatic N) is 2. The highest BCUT2D eigenvalue weighted by Crippen LogP contribution is 2.33. The van der Waals surface area contributed by atoms with E-state index in [0.717, 1.165) is 42.9 Å². The molecular formula is C25H29F5N4O3S. The number of likely N-dealkylation sites (tertiary alicyclic amines) is 1. The number of halogens is 5. The third-order valence-electron chi connectivity index (χ3n) is 5.97. The van der Waals surface area contributed by atoms with Gasteiger partial charge in [0, 0.05) is 43.5 Å². The topological polar surface area (TPSA) is 91.4 Å². The third-order valence-corrected chi connectivity index (χ3v) is 6.55. The van der Waals surface area contributed by atoms with Crippen molar-refractivity contribution in [2.75, 3.05) is 24.1 Å². The molecule has 1 amide bonds. The van der Waals surface area contributed by atoms with E-state index < -0.39 is 45.1 Å². The number of sulfonamides is 1. The highest BCUT2D eigenvalue weighted by Gasteiger charge is 2.33. The summed E-state index contributed by atoms with van der Waals surface area (Å²) in [4.78, 5) is 18.1. The molecule has 0 saturated carbocycles. The van der Waals surface area contributed by atoms with E-state index >= 15 is 0 Å². The molecule has 2 aromatic rings. The SMILES string of the molecule is CCCc1nc(C(F)(F)F)ccc1C1CCCN(C=CC(=O)NCc2cc(F)c(NS(C)(=O)=O)c(F)c2)C1. The molecule has 0 bridgehead atoms. The van der Waals surface area contributed by atoms with Gasteiger partial charge < -0.3 is 10.2 Å². The van der Waals surface area contributed by atoms with Crippen LogP contribution in [0.3, 0.4) is 0 Å². The highest BCUT2D eigenvalue weighted by atomic mass is 32.2. The minimum absolute atomic E-state index is 0.0437. The van der Waals surface area contributed by atoms with Crippen molar-refractivity contribution >= 4 is 21.6 Å². The van der Waals surface area contributed by atoms with E-state index in [1.807, 2.05) is 11.8 Å². The first-order valence-corrected chi connectivity index (χ1v) is 13.9. The molecule has 13 heteroatoms. The average molecular weight is 561 g/mol. The monoisotopic (exact) mass is 560 g/mol. The summed E-state index contributed by atoms with van der Waals surface area (Å²) in [7, 11) is -3.88. The van der Waals surface area contributed by atoms with E-state index in [0.29, 0.717) is 31.6 Å². The Morgan fingerprint density at radius 1 is 1.21 bits per heavy atom. The van der Waals surface area contributed by atoms with E-state index in [1.54, 1.807) is 10.9 Å². The highest BCUT2D eigenvalue weighted by molar-refractivity contribution is 7.92. The molecule has 1 aliphatic heterocycles. The van der Waals surface area contributed by atoms with Crippen LogP contribution in [-0.4, -0.2) is 43.6 Å². The molecule has 2 N–H and O–H groups in total. The van der Waals surface area contributed by atoms with Gasteiger partial charge in [0.05, 0.1) is 6.26 Å². The first kappa shape index (κ1) is 29.3. The first-order chi connectivity index (χ1) is 17.8. The minimum atomic E-state index is -4.51. The molecule has 3 rings (SSSR count). The molecule has 1 unspecified atom stereocenters. The molecule has 1 atom stereocenters. The standard InChI is InChI=1S/C25H29F5N4O3S/c1-3-5-21-18(7-8-22(32-21)25(28,29)30)17-6-4-10-34(15-17)11-9-23(35)31-14-16-12-19(26)24(20(27)13-16)33-38(2,36)37/h7-9,11-13,17,33H,3-6,10,14-15H2,1-2H3,(H,31,35). The number of rotatable bonds is 9. The summed E-state index contributed by atoms with van der Waals surface area (Å²) >= 11 is 0. The normalized spacial score (nSPS) is 16.6. The lowest BCUT2D eigenvalue weighted by Crippen LogP contribution is -2.31. The number of anilines is 1. The van der Waals surface area contributed by atoms with Gasteiger partial charge in [0.2, 0.25) is 15.9 Å². The molecule has 7 nitrogen and oxygen atoms in total. The number of aromatic nitrogens is 1. The van der Waals surface area contributed by atoms with Crippen molar-refractivity contribution in [3.63, 3.8) is 0 Å². The number of alkyl halides is 3. The van der Waals surface area contributed by atoms with E-state index in [1.165, 1.54) is 12.1 Å². The summed E-state index contributed by atoms with van der Waals surface area (Å²) in [6.45, 7) is 2.84. The zero-order valence-corrected chi connectivity index (χ0v) is 21.7. The fraction of sp³-hybridized carbons (Fsp3) is 0.440. The predicted octanol–water partition coefficient (Wildman–Crippen LogP) is 4.71. The fourth-order valence-corrected chi connectivity index (χ4v) is 4.87. The molecule has 0 aliphatic carbocycles. The number of piperidine rings is 1. The average Bonchev–Trinajstić information content (AvgIpc) is 2.83. The number of carbonyl (C=O) groups excluding carboxylic acids is 1. The summed E-state index contributed by atoms with van der Waals surface area (Å²) in [6.07, 6.45) is 1.75. The summed E-state index contributed by atoms with van der Waals surface area (Å²) in [5.41, 5.74) is -0.395. The number of aryl methyl sites for hydroxylation is 1. The van der Waals surface area contributed by atoms with E-state index in [9.17, 15) is 35.2 Å². The second-order valence-electron chi connectivity index (χ2n) is 9.16. The summed E-state index contributed by atoms with van der Waals surface area (Å²) in [5, 5.41) is 2.51. The van der Waals surface area contributed by atoms with E-state index in [4.69, 9.17) is 0 Å². The van der Waals surface area contributed by atoms with Crippen LogP contribution >= 0.6 is 0 Å². The molecule has 1 fully saturated rings. The van der Waals surface area contributed by atoms with Gasteiger partial charge in [-0.05, 0) is 48.6 Å². The Morgan fingerprint density at radius 2 is 1.89 bits per heavy atom. The zero-order valence-electron chi connectivity index (χ0n) is 20.9. The van der Waals surface area contributed by atoms with Crippen molar-refractivity contribution in [1.82, 2.24) is 15.2 Å². The van der Waals surface area contributed by atoms with Gasteiger partial charge >= 0.3 is 6.18 Å². The zero-order chi connectivity index (χ0) is 28.1. The third kappa shape index (κ3) is 8.14. The quantitative estimate of drug-likeness (QED) is 0.343. The lowest BCUT2D eigenvalue weighted by atomic mass is 9.88. The molecule has 1 aromatic carbocycles. The number of hydrogen-bond donors (Lipinski definition) is 2. The second-order valence-corrected chi connectivity index (χ2v) is 10.9. The number of benzene rings is 1. The maximum atomic E-state index is 14.1. The number of hydrogen-bond acceptors (Lipinski definition) is 5. The second kappa shape index (κ2) is 12.1. The van der Waals surface area contributed by atoms with Gasteiger partial charge in [-0.15, -0.1) is 0 Å². The number of carbonyl (C=O) groups is 1. The molecule has 1 saturated heterocycles. The number of pyridine rings is 1. The Morgan fingerprint density at radius 3 is 2.50 bits per heavy atom. The van der Waals surface area contributed by atoms with Crippen LogP contribution in [-0.2, 0) is 34.0 Å². The summed E-state index contributed by atoms with van der Waals surface area (Å²) < 4.78 is 91.9. The lowest BCUT2D eigenvalue weighted by Gasteiger charge is -2.33. The van der Waals surface area contributed by atoms with Crippen LogP contribution in [0.25, 0.3) is 0 Å². The van der Waals surface area contributed by atoms with Gasteiger partial charge in [-0.3, -0.25) is 9.52 Å². The smallest absolute Gasteiger partial charge is 0.377 e. The van der Waals surface area contributed by atoms with Crippen LogP contribution in [0, 0.1) is 11.6 Å². The van der Waals surface area contributed by atoms with Crippen LogP contribution in [0.5, 0.6) is 0 Å². The lowest BCUT2D eigenvalue weighted by molar-refractivity contribution is -0.141. The minimum Gasteiger partial charge on any atom is -0.377 e. The fourth-order valence-electron chi connectivity index (χ4n) is 4.31. The Bertz CT molecular complexity index is 1280. The number of amides is 1. The van der Waals surface area contributed by atoms with Crippen LogP contribution in [0.2, 0.25) is 0 Å². The van der Waals surface area contributed by atoms with Crippen LogP contribution < -0.4 is 10.0 Å². The predicted molar refractivity (Wildman–Crippen MR) is 133 cm³/mol. The molecule has 2 heterocycles. The Labute approximate surface area is 218 Å². The molecule has 1 aliphatic rings. The van der Waals surface area contributed by atoms with Crippen molar-refractivity contribution < 1.29 is 35.2 Å². The Balaban J connectivity index is 1.62. The Kier molecular flexibility index (Phi) is 9.34. The van der Waals surface area contributed by atoms with Crippen LogP contribution in [0.15, 0.2) is 36.5 Å². The van der Waals surface area contributed by atoms with E-state index in [-0.39, 0.29) is 18.0 Å². The van der Waals surface area contributed by atoms with Crippen molar-refractivity contribution in [3.05, 3.63) is 70.7 Å². The maximum Gasteiger partial charge on any atom is 0.433 e. The largest absolute Gasteiger partial charge is 0.433 e. The van der Waals surface area contributed by atoms with E-state index in [2.05, 4.69) is 10.3 Å². The first-order valence-electron chi connectivity index (χ1n) is 12.0. The molecule has 38 heavy (non-hydrogen) atoms. The Hall–Kier alpha value is -3.22. The molecule has 208 valence electrons. The molecule has 1 aromatic heterocycles.